The lowest BCUT2D eigenvalue weighted by Crippen LogP contribution is -2.33. The van der Waals surface area contributed by atoms with E-state index in [1.54, 1.807) is 62.5 Å². The molecule has 69 heavy (non-hydrogen) atoms. The fourth-order valence-electron chi connectivity index (χ4n) is 9.18. The quantitative estimate of drug-likeness (QED) is 0.147. The summed E-state index contributed by atoms with van der Waals surface area (Å²) in [6.07, 6.45) is 13.4. The number of fused-ring (bicyclic) bond motifs is 4. The van der Waals surface area contributed by atoms with E-state index in [9.17, 15) is 13.8 Å². The maximum absolute atomic E-state index is 13.7. The topological polar surface area (TPSA) is 211 Å². The molecule has 8 aromatic heterocycles. The largest absolute Gasteiger partial charge is 0.346 e. The summed E-state index contributed by atoms with van der Waals surface area (Å²) in [5.74, 6) is 2.62. The number of nitrogens with one attached hydrogen (secondary N) is 2. The van der Waals surface area contributed by atoms with Gasteiger partial charge < -0.3 is 9.80 Å². The number of hydrogen-bond acceptors (Lipinski definition) is 14. The first kappa shape index (κ1) is 47.8. The van der Waals surface area contributed by atoms with Crippen molar-refractivity contribution in [2.75, 3.05) is 35.4 Å². The van der Waals surface area contributed by atoms with Crippen LogP contribution in [-0.4, -0.2) is 98.5 Å². The minimum Gasteiger partial charge on any atom is -0.346 e. The summed E-state index contributed by atoms with van der Waals surface area (Å²) in [6.45, 7) is 1.47. The highest BCUT2D eigenvalue weighted by atomic mass is 35.5. The number of benzene rings is 2. The number of hydrogen-bond donors (Lipinski definition) is 2. The summed E-state index contributed by atoms with van der Waals surface area (Å²) < 4.78 is 18.8. The molecule has 25 heteroatoms. The number of rotatable bonds is 8. The van der Waals surface area contributed by atoms with Gasteiger partial charge in [0.15, 0.2) is 22.9 Å². The molecule has 2 saturated heterocycles. The van der Waals surface area contributed by atoms with Crippen molar-refractivity contribution >= 4 is 117 Å². The molecule has 0 saturated carbocycles. The molecule has 12 rings (SSSR count). The minimum absolute atomic E-state index is 0. The number of thioether (sulfide) groups is 1. The zero-order valence-electron chi connectivity index (χ0n) is 36.7. The third-order valence-electron chi connectivity index (χ3n) is 12.1. The van der Waals surface area contributed by atoms with Crippen molar-refractivity contribution < 1.29 is 4.21 Å². The lowest BCUT2D eigenvalue weighted by molar-refractivity contribution is 0.602. The maximum atomic E-state index is 13.7. The van der Waals surface area contributed by atoms with Crippen LogP contribution in [0, 0.1) is 0 Å². The number of anilines is 2. The molecule has 10 heterocycles. The Bertz CT molecular complexity index is 3660. The van der Waals surface area contributed by atoms with Gasteiger partial charge >= 0.3 is 0 Å². The van der Waals surface area contributed by atoms with Crippen molar-refractivity contribution in [3.8, 4) is 11.4 Å². The fraction of sp³-hybridized carbons (Fsp3) is 0.227. The molecular formula is C44H42Cl2N16O3S4. The van der Waals surface area contributed by atoms with E-state index < -0.39 is 10.8 Å². The van der Waals surface area contributed by atoms with Gasteiger partial charge in [-0.25, -0.2) is 29.0 Å². The van der Waals surface area contributed by atoms with Crippen LogP contribution in [-0.2, 0) is 10.8 Å². The Morgan fingerprint density at radius 2 is 1.17 bits per heavy atom. The van der Waals surface area contributed by atoms with Gasteiger partial charge in [-0.2, -0.15) is 47.4 Å². The molecule has 0 amide bonds. The van der Waals surface area contributed by atoms with Crippen LogP contribution >= 0.6 is 62.0 Å². The molecule has 3 atom stereocenters. The van der Waals surface area contributed by atoms with Crippen LogP contribution in [0.1, 0.15) is 49.4 Å². The van der Waals surface area contributed by atoms with Gasteiger partial charge in [0, 0.05) is 31.7 Å². The van der Waals surface area contributed by atoms with Crippen molar-refractivity contribution in [3.05, 3.63) is 140 Å². The Balaban J connectivity index is 0.000000167. The molecule has 2 aromatic carbocycles. The molecule has 1 unspecified atom stereocenters. The van der Waals surface area contributed by atoms with Gasteiger partial charge in [0.2, 0.25) is 0 Å². The number of aromatic amines is 2. The van der Waals surface area contributed by atoms with E-state index in [1.807, 2.05) is 66.9 Å². The van der Waals surface area contributed by atoms with Crippen molar-refractivity contribution in [2.24, 2.45) is 0 Å². The summed E-state index contributed by atoms with van der Waals surface area (Å²) in [7, 11) is -1.31. The molecule has 19 nitrogen and oxygen atoms in total. The number of nitrogens with zero attached hydrogens (tertiary/aromatic N) is 14. The van der Waals surface area contributed by atoms with Crippen molar-refractivity contribution in [1.82, 2.24) is 68.7 Å². The Hall–Kier alpha value is -6.24. The lowest BCUT2D eigenvalue weighted by Gasteiger charge is -2.27. The SMILES string of the molecule is CS(=O)c1[nH]nc2ncnc(N3CCC[C@H]3c3nn4ccc(Cl)c4c(=O)n3-c3ccccc3)c12.CSc1n[nH]c2ncnc(N3CCC[C@H]3c3nn4ccc(Cl)c4c(=O)n3-c3ccccc3)c12.S.S. The standard InChI is InChI=1S/C22H19ClN8O2S.C22H19ClN8OS.2H2S/c1-34(33)21-16-18(26-27-21)24-12-25-20(16)29-10-5-8-15(29)19-28-30-11-9-14(23)17(30)22(32)31(19)13-6-3-2-4-7-13;1-33-21-16-18(26-27-21)24-12-25-20(16)29-10-5-8-15(29)19-28-30-11-9-14(23)17(30)22(32)31(19)13-6-3-2-4-7-13;;/h2-4,6-7,9,11-12,15H,5,8,10H2,1H3,(H,24,25,26,27);2-4,6-7,9,11-12,15H,5,8,10H2,1H3,(H,24,25,26,27);2*1H2/t15-,34?;15-;;/m00../s1. The molecule has 0 aliphatic carbocycles. The third-order valence-corrected chi connectivity index (χ3v) is 14.2. The fourth-order valence-corrected chi connectivity index (χ4v) is 10.8. The second-order valence-corrected chi connectivity index (χ2v) is 18.8. The van der Waals surface area contributed by atoms with E-state index in [2.05, 4.69) is 50.1 Å². The molecule has 0 radical (unpaired) electrons. The van der Waals surface area contributed by atoms with Crippen LogP contribution in [0.5, 0.6) is 0 Å². The number of para-hydroxylation sites is 2. The Labute approximate surface area is 422 Å². The highest BCUT2D eigenvalue weighted by Crippen LogP contribution is 2.41. The van der Waals surface area contributed by atoms with E-state index in [0.29, 0.717) is 72.5 Å². The maximum Gasteiger partial charge on any atom is 0.284 e. The Morgan fingerprint density at radius 1 is 0.667 bits per heavy atom. The zero-order chi connectivity index (χ0) is 45.9. The number of aromatic nitrogens is 14. The molecule has 2 aliphatic rings. The van der Waals surface area contributed by atoms with Crippen LogP contribution in [0.2, 0.25) is 10.0 Å². The monoisotopic (exact) mass is 1040 g/mol. The molecule has 0 bridgehead atoms. The predicted octanol–water partition coefficient (Wildman–Crippen LogP) is 6.98. The van der Waals surface area contributed by atoms with Gasteiger partial charge in [0.1, 0.15) is 45.4 Å². The van der Waals surface area contributed by atoms with E-state index >= 15 is 0 Å². The lowest BCUT2D eigenvalue weighted by atomic mass is 10.2. The van der Waals surface area contributed by atoms with E-state index in [-0.39, 0.29) is 50.2 Å². The highest BCUT2D eigenvalue weighted by Gasteiger charge is 2.36. The van der Waals surface area contributed by atoms with Crippen molar-refractivity contribution in [1.29, 1.82) is 0 Å². The van der Waals surface area contributed by atoms with Gasteiger partial charge in [-0.15, -0.1) is 11.8 Å². The van der Waals surface area contributed by atoms with Crippen molar-refractivity contribution in [3.63, 3.8) is 0 Å². The number of H-pyrrole nitrogens is 2. The van der Waals surface area contributed by atoms with E-state index in [1.165, 1.54) is 10.8 Å². The highest BCUT2D eigenvalue weighted by molar-refractivity contribution is 7.98. The number of halogens is 2. The second kappa shape index (κ2) is 19.6. The summed E-state index contributed by atoms with van der Waals surface area (Å²) in [4.78, 5) is 49.4. The molecular weight excluding hydrogens is 1000 g/mol. The molecule has 2 aliphatic heterocycles. The van der Waals surface area contributed by atoms with Crippen LogP contribution < -0.4 is 20.9 Å². The van der Waals surface area contributed by atoms with Crippen LogP contribution in [0.4, 0.5) is 11.6 Å². The van der Waals surface area contributed by atoms with Gasteiger partial charge in [0.05, 0.1) is 55.1 Å². The first-order valence-electron chi connectivity index (χ1n) is 21.2. The summed E-state index contributed by atoms with van der Waals surface area (Å²) in [5, 5.41) is 27.7. The zero-order valence-corrected chi connectivity index (χ0v) is 41.8. The Kier molecular flexibility index (Phi) is 13.6. The predicted molar refractivity (Wildman–Crippen MR) is 278 cm³/mol. The van der Waals surface area contributed by atoms with E-state index in [4.69, 9.17) is 33.4 Å². The molecule has 2 N–H and O–H groups in total. The second-order valence-electron chi connectivity index (χ2n) is 15.8. The summed E-state index contributed by atoms with van der Waals surface area (Å²) >= 11 is 14.2. The van der Waals surface area contributed by atoms with Crippen LogP contribution in [0.25, 0.3) is 44.5 Å². The van der Waals surface area contributed by atoms with E-state index in [0.717, 1.165) is 54.1 Å². The normalized spacial score (nSPS) is 16.2. The smallest absolute Gasteiger partial charge is 0.284 e. The first-order chi connectivity index (χ1) is 32.7. The van der Waals surface area contributed by atoms with Gasteiger partial charge in [-0.05, 0) is 68.3 Å². The minimum atomic E-state index is -1.31. The molecule has 354 valence electrons. The van der Waals surface area contributed by atoms with Gasteiger partial charge in [-0.3, -0.25) is 33.1 Å². The third kappa shape index (κ3) is 8.22. The Morgan fingerprint density at radius 3 is 1.68 bits per heavy atom. The summed E-state index contributed by atoms with van der Waals surface area (Å²) in [5.41, 5.74) is 2.82. The summed E-state index contributed by atoms with van der Waals surface area (Å²) in [6, 6.07) is 21.9. The molecule has 10 aromatic rings. The molecule has 0 spiro atoms. The van der Waals surface area contributed by atoms with Crippen LogP contribution in [0.15, 0.2) is 117 Å². The van der Waals surface area contributed by atoms with Gasteiger partial charge in [-0.1, -0.05) is 59.6 Å². The first-order valence-corrected chi connectivity index (χ1v) is 24.7. The van der Waals surface area contributed by atoms with Gasteiger partial charge in [0.25, 0.3) is 11.1 Å². The molecule has 2 fully saturated rings. The van der Waals surface area contributed by atoms with Crippen LogP contribution in [0.3, 0.4) is 0 Å². The van der Waals surface area contributed by atoms with Crippen molar-refractivity contribution in [2.45, 2.75) is 47.8 Å². The average molecular weight is 1040 g/mol. The average Bonchev–Trinajstić information content (AvgIpc) is 4.22.